The molecule has 0 spiro atoms. The van der Waals surface area contributed by atoms with E-state index < -0.39 is 0 Å². The highest BCUT2D eigenvalue weighted by molar-refractivity contribution is 9.10. The van der Waals surface area contributed by atoms with Gasteiger partial charge in [0.05, 0.1) is 4.47 Å². The van der Waals surface area contributed by atoms with Crippen molar-refractivity contribution in [2.75, 3.05) is 13.1 Å². The molecule has 96 valence electrons. The summed E-state index contributed by atoms with van der Waals surface area (Å²) in [6.45, 7) is 6.01. The number of halogens is 2. The van der Waals surface area contributed by atoms with Gasteiger partial charge in [0.15, 0.2) is 0 Å². The third-order valence-corrected chi connectivity index (χ3v) is 3.06. The molecule has 0 aliphatic carbocycles. The minimum absolute atomic E-state index is 0.114. The Balaban J connectivity index is 2.54. The molecule has 0 saturated heterocycles. The Bertz CT molecular complexity index is 346. The standard InChI is InChI=1S/C13H19BrFNO/c1-3-7-16-9-11(4-2)17-13-6-5-10(15)8-12(13)14/h5-6,8,11,16H,3-4,7,9H2,1-2H3. The summed E-state index contributed by atoms with van der Waals surface area (Å²) in [4.78, 5) is 0. The number of nitrogens with one attached hydrogen (secondary N) is 1. The van der Waals surface area contributed by atoms with Crippen LogP contribution in [0.15, 0.2) is 22.7 Å². The van der Waals surface area contributed by atoms with Gasteiger partial charge >= 0.3 is 0 Å². The average molecular weight is 304 g/mol. The molecule has 1 N–H and O–H groups in total. The third-order valence-electron chi connectivity index (χ3n) is 2.44. The second kappa shape index (κ2) is 7.67. The highest BCUT2D eigenvalue weighted by atomic mass is 79.9. The van der Waals surface area contributed by atoms with Crippen LogP contribution in [0, 0.1) is 5.82 Å². The lowest BCUT2D eigenvalue weighted by Gasteiger charge is -2.19. The van der Waals surface area contributed by atoms with Crippen LogP contribution in [0.4, 0.5) is 4.39 Å². The van der Waals surface area contributed by atoms with Crippen LogP contribution < -0.4 is 10.1 Å². The average Bonchev–Trinajstić information content (AvgIpc) is 2.31. The van der Waals surface area contributed by atoms with Crippen molar-refractivity contribution in [3.63, 3.8) is 0 Å². The van der Waals surface area contributed by atoms with Crippen LogP contribution in [0.3, 0.4) is 0 Å². The zero-order valence-electron chi connectivity index (χ0n) is 10.3. The number of hydrogen-bond donors (Lipinski definition) is 1. The Labute approximate surface area is 111 Å². The lowest BCUT2D eigenvalue weighted by atomic mass is 10.2. The molecule has 0 aromatic heterocycles. The summed E-state index contributed by atoms with van der Waals surface area (Å²) in [5, 5.41) is 3.32. The molecule has 0 saturated carbocycles. The number of ether oxygens (including phenoxy) is 1. The minimum Gasteiger partial charge on any atom is -0.488 e. The number of rotatable bonds is 7. The van der Waals surface area contributed by atoms with Crippen LogP contribution in [0.5, 0.6) is 5.75 Å². The van der Waals surface area contributed by atoms with E-state index in [-0.39, 0.29) is 11.9 Å². The van der Waals surface area contributed by atoms with Gasteiger partial charge in [0, 0.05) is 6.54 Å². The fourth-order valence-corrected chi connectivity index (χ4v) is 1.90. The largest absolute Gasteiger partial charge is 0.488 e. The van der Waals surface area contributed by atoms with Crippen molar-refractivity contribution in [3.05, 3.63) is 28.5 Å². The summed E-state index contributed by atoms with van der Waals surface area (Å²) in [7, 11) is 0. The maximum atomic E-state index is 12.9. The second-order valence-corrected chi connectivity index (χ2v) is 4.78. The normalized spacial score (nSPS) is 12.5. The Morgan fingerprint density at radius 2 is 2.18 bits per heavy atom. The van der Waals surface area contributed by atoms with Crippen molar-refractivity contribution in [2.24, 2.45) is 0 Å². The molecule has 0 aliphatic rings. The monoisotopic (exact) mass is 303 g/mol. The lowest BCUT2D eigenvalue weighted by molar-refractivity contribution is 0.192. The predicted octanol–water partition coefficient (Wildman–Crippen LogP) is 3.75. The van der Waals surface area contributed by atoms with Gasteiger partial charge in [0.1, 0.15) is 17.7 Å². The maximum Gasteiger partial charge on any atom is 0.134 e. The van der Waals surface area contributed by atoms with Crippen LogP contribution in [-0.2, 0) is 0 Å². The van der Waals surface area contributed by atoms with E-state index in [9.17, 15) is 4.39 Å². The van der Waals surface area contributed by atoms with Gasteiger partial charge in [0.2, 0.25) is 0 Å². The maximum absolute atomic E-state index is 12.9. The molecular weight excluding hydrogens is 285 g/mol. The van der Waals surface area contributed by atoms with Crippen molar-refractivity contribution in [3.8, 4) is 5.75 Å². The summed E-state index contributed by atoms with van der Waals surface area (Å²) >= 11 is 3.30. The number of benzene rings is 1. The van der Waals surface area contributed by atoms with Gasteiger partial charge in [-0.1, -0.05) is 13.8 Å². The highest BCUT2D eigenvalue weighted by Gasteiger charge is 2.10. The van der Waals surface area contributed by atoms with Crippen LogP contribution in [-0.4, -0.2) is 19.2 Å². The van der Waals surface area contributed by atoms with Gasteiger partial charge in [-0.05, 0) is 53.5 Å². The van der Waals surface area contributed by atoms with Crippen LogP contribution in [0.2, 0.25) is 0 Å². The molecule has 0 amide bonds. The van der Waals surface area contributed by atoms with E-state index >= 15 is 0 Å². The second-order valence-electron chi connectivity index (χ2n) is 3.93. The zero-order valence-corrected chi connectivity index (χ0v) is 11.9. The molecule has 0 bridgehead atoms. The summed E-state index contributed by atoms with van der Waals surface area (Å²) in [5.41, 5.74) is 0. The van der Waals surface area contributed by atoms with E-state index in [1.807, 2.05) is 0 Å². The summed E-state index contributed by atoms with van der Waals surface area (Å²) in [5.74, 6) is 0.429. The van der Waals surface area contributed by atoms with Crippen LogP contribution in [0.1, 0.15) is 26.7 Å². The Morgan fingerprint density at radius 3 is 2.76 bits per heavy atom. The first kappa shape index (κ1) is 14.5. The molecule has 1 aromatic rings. The molecular formula is C13H19BrFNO. The Morgan fingerprint density at radius 1 is 1.41 bits per heavy atom. The molecule has 1 aromatic carbocycles. The van der Waals surface area contributed by atoms with E-state index in [0.29, 0.717) is 10.2 Å². The summed E-state index contributed by atoms with van der Waals surface area (Å²) < 4.78 is 19.4. The van der Waals surface area contributed by atoms with E-state index in [1.165, 1.54) is 12.1 Å². The fourth-order valence-electron chi connectivity index (χ4n) is 1.46. The van der Waals surface area contributed by atoms with E-state index in [1.54, 1.807) is 6.07 Å². The highest BCUT2D eigenvalue weighted by Crippen LogP contribution is 2.26. The molecule has 0 heterocycles. The minimum atomic E-state index is -0.263. The van der Waals surface area contributed by atoms with Crippen LogP contribution >= 0.6 is 15.9 Å². The van der Waals surface area contributed by atoms with E-state index in [0.717, 1.165) is 25.9 Å². The van der Waals surface area contributed by atoms with E-state index in [2.05, 4.69) is 35.1 Å². The molecule has 1 atom stereocenters. The molecule has 1 unspecified atom stereocenters. The Kier molecular flexibility index (Phi) is 6.52. The lowest BCUT2D eigenvalue weighted by Crippen LogP contribution is -2.31. The SMILES string of the molecule is CCCNCC(CC)Oc1ccc(F)cc1Br. The van der Waals surface area contributed by atoms with Gasteiger partial charge in [0.25, 0.3) is 0 Å². The number of hydrogen-bond acceptors (Lipinski definition) is 2. The topological polar surface area (TPSA) is 21.3 Å². The first-order valence-electron chi connectivity index (χ1n) is 5.99. The Hall–Kier alpha value is -0.610. The van der Waals surface area contributed by atoms with Crippen molar-refractivity contribution in [1.82, 2.24) is 5.32 Å². The van der Waals surface area contributed by atoms with E-state index in [4.69, 9.17) is 4.74 Å². The molecule has 0 radical (unpaired) electrons. The zero-order chi connectivity index (χ0) is 12.7. The molecule has 2 nitrogen and oxygen atoms in total. The van der Waals surface area contributed by atoms with Crippen molar-refractivity contribution >= 4 is 15.9 Å². The molecule has 0 aliphatic heterocycles. The first-order chi connectivity index (χ1) is 8.17. The summed E-state index contributed by atoms with van der Waals surface area (Å²) in [6, 6.07) is 4.48. The summed E-state index contributed by atoms with van der Waals surface area (Å²) in [6.07, 6.45) is 2.14. The van der Waals surface area contributed by atoms with Crippen molar-refractivity contribution in [2.45, 2.75) is 32.8 Å². The fraction of sp³-hybridized carbons (Fsp3) is 0.538. The first-order valence-corrected chi connectivity index (χ1v) is 6.79. The molecule has 1 rings (SSSR count). The van der Waals surface area contributed by atoms with Gasteiger partial charge < -0.3 is 10.1 Å². The third kappa shape index (κ3) is 5.04. The predicted molar refractivity (Wildman–Crippen MR) is 72.0 cm³/mol. The van der Waals surface area contributed by atoms with Crippen molar-refractivity contribution in [1.29, 1.82) is 0 Å². The smallest absolute Gasteiger partial charge is 0.134 e. The van der Waals surface area contributed by atoms with Crippen LogP contribution in [0.25, 0.3) is 0 Å². The van der Waals surface area contributed by atoms with Gasteiger partial charge in [-0.25, -0.2) is 4.39 Å². The molecule has 17 heavy (non-hydrogen) atoms. The molecule has 0 fully saturated rings. The van der Waals surface area contributed by atoms with Crippen molar-refractivity contribution < 1.29 is 9.13 Å². The quantitative estimate of drug-likeness (QED) is 0.775. The van der Waals surface area contributed by atoms with Gasteiger partial charge in [-0.2, -0.15) is 0 Å². The van der Waals surface area contributed by atoms with Gasteiger partial charge in [-0.3, -0.25) is 0 Å². The molecule has 4 heteroatoms. The van der Waals surface area contributed by atoms with Gasteiger partial charge in [-0.15, -0.1) is 0 Å².